The van der Waals surface area contributed by atoms with Crippen LogP contribution >= 0.6 is 27.5 Å². The van der Waals surface area contributed by atoms with Gasteiger partial charge in [-0.15, -0.1) is 0 Å². The number of carbonyl (C=O) groups is 1. The van der Waals surface area contributed by atoms with Crippen molar-refractivity contribution in [3.63, 3.8) is 0 Å². The van der Waals surface area contributed by atoms with Crippen LogP contribution in [0, 0.1) is 0 Å². The second kappa shape index (κ2) is 5.10. The number of amides is 1. The van der Waals surface area contributed by atoms with Crippen LogP contribution in [0.25, 0.3) is 0 Å². The second-order valence-corrected chi connectivity index (χ2v) is 5.54. The minimum atomic E-state index is -0.630. The Balaban J connectivity index is 2.83. The van der Waals surface area contributed by atoms with Crippen LogP contribution in [-0.4, -0.2) is 16.7 Å². The van der Waals surface area contributed by atoms with Gasteiger partial charge in [0.15, 0.2) is 5.82 Å². The Labute approximate surface area is 113 Å². The standard InChI is InChI=1S/C10H13BrClN3O2/c1-10(2,3)17-9(16)15-8-7(13)6(12)5(11)4-14-8/h4H,13H2,1-3H3,(H,14,15,16). The van der Waals surface area contributed by atoms with Crippen molar-refractivity contribution in [2.75, 3.05) is 11.1 Å². The van der Waals surface area contributed by atoms with Gasteiger partial charge in [-0.2, -0.15) is 0 Å². The summed E-state index contributed by atoms with van der Waals surface area (Å²) in [6.07, 6.45) is 0.820. The van der Waals surface area contributed by atoms with Gasteiger partial charge in [-0.05, 0) is 36.7 Å². The maximum atomic E-state index is 11.5. The number of nitrogen functional groups attached to an aromatic ring is 1. The van der Waals surface area contributed by atoms with E-state index in [0.717, 1.165) is 0 Å². The zero-order valence-electron chi connectivity index (χ0n) is 9.67. The van der Waals surface area contributed by atoms with Gasteiger partial charge in [-0.25, -0.2) is 9.78 Å². The molecule has 0 aliphatic heterocycles. The lowest BCUT2D eigenvalue weighted by Gasteiger charge is -2.19. The number of nitrogens with one attached hydrogen (secondary N) is 1. The molecule has 94 valence electrons. The second-order valence-electron chi connectivity index (χ2n) is 4.31. The molecule has 0 spiro atoms. The number of ether oxygens (including phenoxy) is 1. The van der Waals surface area contributed by atoms with Crippen molar-refractivity contribution >= 4 is 45.1 Å². The van der Waals surface area contributed by atoms with E-state index in [1.54, 1.807) is 20.8 Å². The molecule has 3 N–H and O–H groups in total. The normalized spacial score (nSPS) is 11.1. The van der Waals surface area contributed by atoms with Gasteiger partial charge in [0.1, 0.15) is 5.60 Å². The summed E-state index contributed by atoms with van der Waals surface area (Å²) in [5.74, 6) is 0.174. The molecular weight excluding hydrogens is 309 g/mol. The van der Waals surface area contributed by atoms with E-state index >= 15 is 0 Å². The van der Waals surface area contributed by atoms with Crippen molar-refractivity contribution in [3.05, 3.63) is 15.7 Å². The third kappa shape index (κ3) is 4.05. The topological polar surface area (TPSA) is 77.2 Å². The highest BCUT2D eigenvalue weighted by atomic mass is 79.9. The molecule has 17 heavy (non-hydrogen) atoms. The number of nitrogens with two attached hydrogens (primary N) is 1. The van der Waals surface area contributed by atoms with Gasteiger partial charge in [0.25, 0.3) is 0 Å². The quantitative estimate of drug-likeness (QED) is 0.830. The van der Waals surface area contributed by atoms with E-state index in [9.17, 15) is 4.79 Å². The summed E-state index contributed by atoms with van der Waals surface area (Å²) in [5, 5.41) is 2.73. The number of hydrogen-bond donors (Lipinski definition) is 2. The maximum absolute atomic E-state index is 11.5. The van der Waals surface area contributed by atoms with Crippen molar-refractivity contribution in [2.45, 2.75) is 26.4 Å². The zero-order chi connectivity index (χ0) is 13.2. The lowest BCUT2D eigenvalue weighted by Crippen LogP contribution is -2.27. The molecular formula is C10H13BrClN3O2. The molecule has 0 aliphatic carbocycles. The fourth-order valence-electron chi connectivity index (χ4n) is 0.980. The molecule has 1 rings (SSSR count). The molecule has 1 aromatic heterocycles. The maximum Gasteiger partial charge on any atom is 0.413 e. The fourth-order valence-corrected chi connectivity index (χ4v) is 1.43. The molecule has 1 heterocycles. The van der Waals surface area contributed by atoms with Crippen LogP contribution in [0.2, 0.25) is 5.02 Å². The summed E-state index contributed by atoms with van der Waals surface area (Å²) >= 11 is 9.07. The molecule has 0 saturated heterocycles. The summed E-state index contributed by atoms with van der Waals surface area (Å²) in [7, 11) is 0. The highest BCUT2D eigenvalue weighted by Gasteiger charge is 2.18. The largest absolute Gasteiger partial charge is 0.444 e. The molecule has 0 aliphatic rings. The van der Waals surface area contributed by atoms with Gasteiger partial charge in [0, 0.05) is 6.20 Å². The molecule has 7 heteroatoms. The van der Waals surface area contributed by atoms with Crippen LogP contribution in [0.1, 0.15) is 20.8 Å². The molecule has 0 unspecified atom stereocenters. The van der Waals surface area contributed by atoms with Crippen LogP contribution in [0.3, 0.4) is 0 Å². The average molecular weight is 323 g/mol. The molecule has 0 aromatic carbocycles. The highest BCUT2D eigenvalue weighted by molar-refractivity contribution is 9.10. The summed E-state index contributed by atoms with van der Waals surface area (Å²) in [5.41, 5.74) is 5.30. The van der Waals surface area contributed by atoms with Crippen molar-refractivity contribution in [2.24, 2.45) is 0 Å². The first-order chi connectivity index (χ1) is 7.70. The lowest BCUT2D eigenvalue weighted by atomic mass is 10.2. The van der Waals surface area contributed by atoms with E-state index in [-0.39, 0.29) is 11.5 Å². The number of hydrogen-bond acceptors (Lipinski definition) is 4. The van der Waals surface area contributed by atoms with Gasteiger partial charge in [0.2, 0.25) is 0 Å². The smallest absolute Gasteiger partial charge is 0.413 e. The number of pyridine rings is 1. The average Bonchev–Trinajstić information content (AvgIpc) is 2.16. The lowest BCUT2D eigenvalue weighted by molar-refractivity contribution is 0.0635. The number of nitrogens with zero attached hydrogens (tertiary/aromatic N) is 1. The zero-order valence-corrected chi connectivity index (χ0v) is 12.0. The third-order valence-electron chi connectivity index (χ3n) is 1.63. The predicted octanol–water partition coefficient (Wildman–Crippen LogP) is 3.43. The van der Waals surface area contributed by atoms with Crippen LogP contribution in [-0.2, 0) is 4.74 Å². The van der Waals surface area contributed by atoms with Gasteiger partial charge < -0.3 is 10.5 Å². The first-order valence-electron chi connectivity index (χ1n) is 4.80. The Morgan fingerprint density at radius 3 is 2.71 bits per heavy atom. The summed E-state index contributed by atoms with van der Waals surface area (Å²) in [4.78, 5) is 15.4. The highest BCUT2D eigenvalue weighted by Crippen LogP contribution is 2.32. The molecule has 1 amide bonds. The van der Waals surface area contributed by atoms with Gasteiger partial charge >= 0.3 is 6.09 Å². The minimum Gasteiger partial charge on any atom is -0.444 e. The van der Waals surface area contributed by atoms with Crippen LogP contribution < -0.4 is 11.1 Å². The van der Waals surface area contributed by atoms with Crippen LogP contribution in [0.15, 0.2) is 10.7 Å². The summed E-state index contributed by atoms with van der Waals surface area (Å²) in [6.45, 7) is 5.29. The van der Waals surface area contributed by atoms with E-state index in [4.69, 9.17) is 22.1 Å². The number of anilines is 2. The van der Waals surface area contributed by atoms with Gasteiger partial charge in [-0.1, -0.05) is 11.6 Å². The molecule has 0 saturated carbocycles. The first kappa shape index (κ1) is 14.1. The molecule has 0 fully saturated rings. The fraction of sp³-hybridized carbons (Fsp3) is 0.400. The van der Waals surface area contributed by atoms with E-state index < -0.39 is 11.7 Å². The molecule has 0 bridgehead atoms. The molecule has 5 nitrogen and oxygen atoms in total. The third-order valence-corrected chi connectivity index (χ3v) is 2.86. The number of rotatable bonds is 1. The Kier molecular flexibility index (Phi) is 4.21. The summed E-state index contributed by atoms with van der Waals surface area (Å²) < 4.78 is 5.63. The van der Waals surface area contributed by atoms with Crippen molar-refractivity contribution in [3.8, 4) is 0 Å². The van der Waals surface area contributed by atoms with E-state index in [1.807, 2.05) is 0 Å². The van der Waals surface area contributed by atoms with Crippen LogP contribution in [0.5, 0.6) is 0 Å². The SMILES string of the molecule is CC(C)(C)OC(=O)Nc1ncc(Br)c(Cl)c1N. The van der Waals surface area contributed by atoms with Gasteiger partial charge in [-0.3, -0.25) is 5.32 Å². The molecule has 1 aromatic rings. The predicted molar refractivity (Wildman–Crippen MR) is 71.2 cm³/mol. The number of aromatic nitrogens is 1. The first-order valence-corrected chi connectivity index (χ1v) is 5.97. The Morgan fingerprint density at radius 2 is 2.18 bits per heavy atom. The van der Waals surface area contributed by atoms with Crippen molar-refractivity contribution in [1.29, 1.82) is 0 Å². The summed E-state index contributed by atoms with van der Waals surface area (Å²) in [6, 6.07) is 0. The van der Waals surface area contributed by atoms with Crippen molar-refractivity contribution < 1.29 is 9.53 Å². The Hall–Kier alpha value is -1.01. The number of carbonyl (C=O) groups excluding carboxylic acids is 1. The van der Waals surface area contributed by atoms with E-state index in [1.165, 1.54) is 6.20 Å². The van der Waals surface area contributed by atoms with Crippen LogP contribution in [0.4, 0.5) is 16.3 Å². The Morgan fingerprint density at radius 1 is 1.59 bits per heavy atom. The number of halogens is 2. The van der Waals surface area contributed by atoms with E-state index in [2.05, 4.69) is 26.2 Å². The van der Waals surface area contributed by atoms with Crippen molar-refractivity contribution in [1.82, 2.24) is 4.98 Å². The minimum absolute atomic E-state index is 0.174. The molecule has 0 atom stereocenters. The monoisotopic (exact) mass is 321 g/mol. The molecule has 0 radical (unpaired) electrons. The Bertz CT molecular complexity index is 446. The van der Waals surface area contributed by atoms with E-state index in [0.29, 0.717) is 9.50 Å². The van der Waals surface area contributed by atoms with Gasteiger partial charge in [0.05, 0.1) is 15.2 Å².